The maximum Gasteiger partial charge on any atom is 0.222 e. The fourth-order valence-electron chi connectivity index (χ4n) is 0.995. The highest BCUT2D eigenvalue weighted by Gasteiger charge is 2.01. The highest BCUT2D eigenvalue weighted by molar-refractivity contribution is 5.39. The molecular formula is C10H8N2O2. The van der Waals surface area contributed by atoms with Crippen molar-refractivity contribution in [3.63, 3.8) is 0 Å². The van der Waals surface area contributed by atoms with Crippen molar-refractivity contribution in [1.29, 1.82) is 0 Å². The van der Waals surface area contributed by atoms with E-state index in [1.807, 2.05) is 0 Å². The summed E-state index contributed by atoms with van der Waals surface area (Å²) in [5.74, 6) is 0.874. The van der Waals surface area contributed by atoms with Crippen LogP contribution in [0.2, 0.25) is 0 Å². The summed E-state index contributed by atoms with van der Waals surface area (Å²) in [6.45, 7) is 0. The first-order chi connectivity index (χ1) is 6.86. The largest absolute Gasteiger partial charge is 0.504 e. The van der Waals surface area contributed by atoms with Crippen LogP contribution in [0.15, 0.2) is 42.9 Å². The van der Waals surface area contributed by atoms with Crippen LogP contribution in [-0.2, 0) is 0 Å². The second-order valence-corrected chi connectivity index (χ2v) is 2.62. The van der Waals surface area contributed by atoms with Gasteiger partial charge in [0.15, 0.2) is 11.5 Å². The molecule has 4 heteroatoms. The zero-order chi connectivity index (χ0) is 9.80. The lowest BCUT2D eigenvalue weighted by Crippen LogP contribution is -1.87. The highest BCUT2D eigenvalue weighted by atomic mass is 16.5. The third-order valence-electron chi connectivity index (χ3n) is 1.63. The van der Waals surface area contributed by atoms with Gasteiger partial charge in [0, 0.05) is 12.3 Å². The molecule has 4 nitrogen and oxygen atoms in total. The number of para-hydroxylation sites is 2. The summed E-state index contributed by atoms with van der Waals surface area (Å²) in [4.78, 5) is 7.63. The molecule has 0 atom stereocenters. The fourth-order valence-corrected chi connectivity index (χ4v) is 0.995. The first kappa shape index (κ1) is 8.50. The lowest BCUT2D eigenvalue weighted by atomic mass is 10.3. The number of rotatable bonds is 2. The van der Waals surface area contributed by atoms with E-state index in [-0.39, 0.29) is 5.75 Å². The number of phenolic OH excluding ortho intramolecular Hbond substituents is 1. The van der Waals surface area contributed by atoms with Crippen LogP contribution in [0, 0.1) is 0 Å². The zero-order valence-electron chi connectivity index (χ0n) is 7.29. The fraction of sp³-hybridized carbons (Fsp3) is 0. The van der Waals surface area contributed by atoms with Gasteiger partial charge in [0.25, 0.3) is 0 Å². The molecule has 1 heterocycles. The first-order valence-corrected chi connectivity index (χ1v) is 4.08. The number of hydrogen-bond acceptors (Lipinski definition) is 4. The number of hydrogen-bond donors (Lipinski definition) is 1. The monoisotopic (exact) mass is 188 g/mol. The van der Waals surface area contributed by atoms with Crippen LogP contribution >= 0.6 is 0 Å². The molecule has 70 valence electrons. The molecule has 0 unspecified atom stereocenters. The summed E-state index contributed by atoms with van der Waals surface area (Å²) in [5.41, 5.74) is 0. The molecule has 2 aromatic rings. The zero-order valence-corrected chi connectivity index (χ0v) is 7.29. The van der Waals surface area contributed by atoms with Crippen LogP contribution in [-0.4, -0.2) is 15.1 Å². The van der Waals surface area contributed by atoms with Gasteiger partial charge in [-0.1, -0.05) is 12.1 Å². The predicted molar refractivity (Wildman–Crippen MR) is 50.2 cm³/mol. The molecule has 1 aromatic heterocycles. The average molecular weight is 188 g/mol. The van der Waals surface area contributed by atoms with Gasteiger partial charge in [-0.15, -0.1) is 0 Å². The Morgan fingerprint density at radius 3 is 2.71 bits per heavy atom. The van der Waals surface area contributed by atoms with Gasteiger partial charge in [0.05, 0.1) is 0 Å². The van der Waals surface area contributed by atoms with Crippen molar-refractivity contribution >= 4 is 0 Å². The summed E-state index contributed by atoms with van der Waals surface area (Å²) in [7, 11) is 0. The molecule has 0 radical (unpaired) electrons. The van der Waals surface area contributed by atoms with E-state index in [4.69, 9.17) is 4.74 Å². The Hall–Kier alpha value is -2.10. The molecular weight excluding hydrogens is 180 g/mol. The van der Waals surface area contributed by atoms with E-state index < -0.39 is 0 Å². The third-order valence-corrected chi connectivity index (χ3v) is 1.63. The Labute approximate surface area is 80.8 Å². The van der Waals surface area contributed by atoms with E-state index in [1.165, 1.54) is 6.33 Å². The van der Waals surface area contributed by atoms with Gasteiger partial charge >= 0.3 is 0 Å². The van der Waals surface area contributed by atoms with Crippen LogP contribution in [0.3, 0.4) is 0 Å². The number of benzene rings is 1. The molecule has 2 rings (SSSR count). The summed E-state index contributed by atoms with van der Waals surface area (Å²) < 4.78 is 5.31. The maximum atomic E-state index is 9.40. The normalized spacial score (nSPS) is 9.71. The minimum Gasteiger partial charge on any atom is -0.504 e. The second kappa shape index (κ2) is 3.74. The lowest BCUT2D eigenvalue weighted by molar-refractivity contribution is 0.402. The van der Waals surface area contributed by atoms with E-state index in [0.29, 0.717) is 11.6 Å². The van der Waals surface area contributed by atoms with Crippen molar-refractivity contribution in [1.82, 2.24) is 9.97 Å². The average Bonchev–Trinajstić information content (AvgIpc) is 2.23. The molecule has 0 aliphatic rings. The predicted octanol–water partition coefficient (Wildman–Crippen LogP) is 1.97. The molecule has 0 saturated heterocycles. The number of phenols is 1. The summed E-state index contributed by atoms with van der Waals surface area (Å²) in [6.07, 6.45) is 2.96. The molecule has 0 fully saturated rings. The first-order valence-electron chi connectivity index (χ1n) is 4.08. The Kier molecular flexibility index (Phi) is 2.27. The molecule has 1 N–H and O–H groups in total. The highest BCUT2D eigenvalue weighted by Crippen LogP contribution is 2.28. The minimum absolute atomic E-state index is 0.0890. The minimum atomic E-state index is 0.0890. The van der Waals surface area contributed by atoms with Crippen molar-refractivity contribution < 1.29 is 9.84 Å². The molecule has 1 aromatic carbocycles. The van der Waals surface area contributed by atoms with Crippen LogP contribution in [0.5, 0.6) is 17.4 Å². The van der Waals surface area contributed by atoms with Crippen LogP contribution in [0.1, 0.15) is 0 Å². The number of aromatic hydroxyl groups is 1. The number of nitrogens with zero attached hydrogens (tertiary/aromatic N) is 2. The van der Waals surface area contributed by atoms with Gasteiger partial charge in [-0.3, -0.25) is 0 Å². The third kappa shape index (κ3) is 1.80. The summed E-state index contributed by atoms with van der Waals surface area (Å²) in [6, 6.07) is 8.33. The van der Waals surface area contributed by atoms with Gasteiger partial charge in [-0.05, 0) is 12.1 Å². The van der Waals surface area contributed by atoms with Crippen molar-refractivity contribution in [2.24, 2.45) is 0 Å². The smallest absolute Gasteiger partial charge is 0.222 e. The molecule has 0 spiro atoms. The standard InChI is InChI=1S/C10H8N2O2/c13-8-3-1-2-4-9(8)14-10-5-6-11-7-12-10/h1-7,13H. The molecule has 0 bridgehead atoms. The summed E-state index contributed by atoms with van der Waals surface area (Å²) in [5, 5.41) is 9.40. The van der Waals surface area contributed by atoms with E-state index in [1.54, 1.807) is 36.5 Å². The Bertz CT molecular complexity index is 417. The van der Waals surface area contributed by atoms with Crippen LogP contribution < -0.4 is 4.74 Å². The Morgan fingerprint density at radius 2 is 2.00 bits per heavy atom. The van der Waals surface area contributed by atoms with E-state index in [0.717, 1.165) is 0 Å². The van der Waals surface area contributed by atoms with E-state index in [2.05, 4.69) is 9.97 Å². The van der Waals surface area contributed by atoms with Gasteiger partial charge in [-0.2, -0.15) is 0 Å². The SMILES string of the molecule is Oc1ccccc1Oc1ccncn1. The quantitative estimate of drug-likeness (QED) is 0.782. The van der Waals surface area contributed by atoms with E-state index >= 15 is 0 Å². The second-order valence-electron chi connectivity index (χ2n) is 2.62. The van der Waals surface area contributed by atoms with Gasteiger partial charge in [0.2, 0.25) is 5.88 Å². The Balaban J connectivity index is 2.24. The number of aromatic nitrogens is 2. The molecule has 0 saturated carbocycles. The van der Waals surface area contributed by atoms with Crippen LogP contribution in [0.4, 0.5) is 0 Å². The lowest BCUT2D eigenvalue weighted by Gasteiger charge is -2.04. The topological polar surface area (TPSA) is 55.2 Å². The van der Waals surface area contributed by atoms with Crippen molar-refractivity contribution in [2.75, 3.05) is 0 Å². The molecule has 14 heavy (non-hydrogen) atoms. The molecule has 0 amide bonds. The van der Waals surface area contributed by atoms with Crippen LogP contribution in [0.25, 0.3) is 0 Å². The molecule has 0 aliphatic heterocycles. The van der Waals surface area contributed by atoms with E-state index in [9.17, 15) is 5.11 Å². The molecule has 0 aliphatic carbocycles. The summed E-state index contributed by atoms with van der Waals surface area (Å²) >= 11 is 0. The Morgan fingerprint density at radius 1 is 1.14 bits per heavy atom. The van der Waals surface area contributed by atoms with Crippen molar-refractivity contribution in [3.05, 3.63) is 42.9 Å². The number of ether oxygens (including phenoxy) is 1. The maximum absolute atomic E-state index is 9.40. The van der Waals surface area contributed by atoms with Gasteiger partial charge < -0.3 is 9.84 Å². The van der Waals surface area contributed by atoms with Crippen molar-refractivity contribution in [2.45, 2.75) is 0 Å². The van der Waals surface area contributed by atoms with Crippen molar-refractivity contribution in [3.8, 4) is 17.4 Å². The van der Waals surface area contributed by atoms with Gasteiger partial charge in [-0.25, -0.2) is 9.97 Å². The van der Waals surface area contributed by atoms with Gasteiger partial charge in [0.1, 0.15) is 6.33 Å².